The molecule has 0 spiro atoms. The second-order valence-corrected chi connectivity index (χ2v) is 5.75. The lowest BCUT2D eigenvalue weighted by Crippen LogP contribution is -2.00. The number of thiazole rings is 1. The van der Waals surface area contributed by atoms with Crippen LogP contribution in [-0.2, 0) is 0 Å². The Morgan fingerprint density at radius 2 is 2.33 bits per heavy atom. The largest absolute Gasteiger partial charge is 0.352 e. The van der Waals surface area contributed by atoms with Crippen LogP contribution in [0.5, 0.6) is 0 Å². The van der Waals surface area contributed by atoms with Gasteiger partial charge in [0.25, 0.3) is 0 Å². The summed E-state index contributed by atoms with van der Waals surface area (Å²) in [5.74, 6) is 1.05. The van der Waals surface area contributed by atoms with Gasteiger partial charge in [0.2, 0.25) is 0 Å². The highest BCUT2D eigenvalue weighted by molar-refractivity contribution is 8.68. The summed E-state index contributed by atoms with van der Waals surface area (Å²) < 4.78 is 0. The van der Waals surface area contributed by atoms with E-state index in [1.54, 1.807) is 18.3 Å². The first-order chi connectivity index (χ1) is 7.06. The summed E-state index contributed by atoms with van der Waals surface area (Å²) in [5, 5.41) is 3.90. The molecule has 1 rings (SSSR count). The van der Waals surface area contributed by atoms with E-state index >= 15 is 0 Å². The van der Waals surface area contributed by atoms with Crippen molar-refractivity contribution in [3.63, 3.8) is 0 Å². The fraction of sp³-hybridized carbons (Fsp3) is 0.556. The fourth-order valence-corrected chi connectivity index (χ4v) is 2.64. The highest BCUT2D eigenvalue weighted by Crippen LogP contribution is 2.30. The number of rotatable bonds is 5. The predicted octanol–water partition coefficient (Wildman–Crippen LogP) is 3.42. The zero-order valence-corrected chi connectivity index (χ0v) is 11.4. The van der Waals surface area contributed by atoms with E-state index in [0.717, 1.165) is 10.0 Å². The maximum absolute atomic E-state index is 11.4. The van der Waals surface area contributed by atoms with Crippen LogP contribution in [-0.4, -0.2) is 16.6 Å². The number of aromatic nitrogens is 1. The molecule has 84 valence electrons. The van der Waals surface area contributed by atoms with Crippen molar-refractivity contribution >= 4 is 44.7 Å². The van der Waals surface area contributed by atoms with Gasteiger partial charge in [-0.2, -0.15) is 0 Å². The van der Waals surface area contributed by atoms with Crippen molar-refractivity contribution in [1.29, 1.82) is 0 Å². The summed E-state index contributed by atoms with van der Waals surface area (Å²) in [7, 11) is 1.39. The molecule has 0 aliphatic carbocycles. The predicted molar refractivity (Wildman–Crippen MR) is 71.3 cm³/mol. The van der Waals surface area contributed by atoms with Crippen LogP contribution in [0.15, 0.2) is 0 Å². The SMILES string of the molecule is CC(=O)c1nc(NCSS)sc1C(C)C. The first kappa shape index (κ1) is 12.9. The maximum atomic E-state index is 11.4. The minimum Gasteiger partial charge on any atom is -0.352 e. The lowest BCUT2D eigenvalue weighted by molar-refractivity contribution is 0.101. The molecule has 1 aromatic heterocycles. The molecule has 0 atom stereocenters. The number of carbonyl (C=O) groups is 1. The monoisotopic (exact) mass is 262 g/mol. The van der Waals surface area contributed by atoms with Gasteiger partial charge in [0, 0.05) is 11.8 Å². The Balaban J connectivity index is 2.93. The van der Waals surface area contributed by atoms with E-state index in [9.17, 15) is 4.79 Å². The van der Waals surface area contributed by atoms with Crippen LogP contribution in [0.25, 0.3) is 0 Å². The van der Waals surface area contributed by atoms with Crippen LogP contribution >= 0.6 is 33.8 Å². The third-order valence-corrected chi connectivity index (χ3v) is 3.77. The van der Waals surface area contributed by atoms with Gasteiger partial charge < -0.3 is 5.32 Å². The second-order valence-electron chi connectivity index (χ2n) is 3.39. The van der Waals surface area contributed by atoms with E-state index in [-0.39, 0.29) is 5.78 Å². The molecule has 0 radical (unpaired) electrons. The molecule has 0 bridgehead atoms. The molecule has 0 fully saturated rings. The van der Waals surface area contributed by atoms with Gasteiger partial charge in [0.05, 0.1) is 5.88 Å². The highest BCUT2D eigenvalue weighted by Gasteiger charge is 2.16. The lowest BCUT2D eigenvalue weighted by Gasteiger charge is -2.00. The Morgan fingerprint density at radius 3 is 2.73 bits per heavy atom. The molecule has 3 nitrogen and oxygen atoms in total. The Morgan fingerprint density at radius 1 is 1.67 bits per heavy atom. The Labute approximate surface area is 103 Å². The van der Waals surface area contributed by atoms with Crippen molar-refractivity contribution in [3.8, 4) is 0 Å². The Bertz CT molecular complexity index is 349. The smallest absolute Gasteiger partial charge is 0.184 e. The van der Waals surface area contributed by atoms with Gasteiger partial charge >= 0.3 is 0 Å². The van der Waals surface area contributed by atoms with E-state index in [4.69, 9.17) is 0 Å². The highest BCUT2D eigenvalue weighted by atomic mass is 33.1. The average Bonchev–Trinajstić information content (AvgIpc) is 2.58. The van der Waals surface area contributed by atoms with Crippen LogP contribution < -0.4 is 5.32 Å². The number of thiol groups is 1. The number of Topliss-reactive ketones (excluding diaryl/α,β-unsaturated/α-hetero) is 1. The van der Waals surface area contributed by atoms with Crippen LogP contribution in [0.4, 0.5) is 5.13 Å². The summed E-state index contributed by atoms with van der Waals surface area (Å²) in [5.41, 5.74) is 0.599. The van der Waals surface area contributed by atoms with Gasteiger partial charge in [0.15, 0.2) is 10.9 Å². The van der Waals surface area contributed by atoms with Crippen molar-refractivity contribution in [2.45, 2.75) is 26.7 Å². The first-order valence-electron chi connectivity index (χ1n) is 4.58. The van der Waals surface area contributed by atoms with Crippen LogP contribution in [0.1, 0.15) is 42.1 Å². The molecule has 0 saturated carbocycles. The number of nitrogens with one attached hydrogen (secondary N) is 1. The minimum atomic E-state index is 0.0292. The lowest BCUT2D eigenvalue weighted by atomic mass is 10.1. The summed E-state index contributed by atoms with van der Waals surface area (Å²) in [6.07, 6.45) is 0. The van der Waals surface area contributed by atoms with Gasteiger partial charge in [-0.1, -0.05) is 24.6 Å². The molecule has 0 aliphatic rings. The van der Waals surface area contributed by atoms with Crippen molar-refractivity contribution < 1.29 is 4.79 Å². The molecule has 0 saturated heterocycles. The zero-order valence-electron chi connectivity index (χ0n) is 8.90. The Hall–Kier alpha value is -0.200. The molecular weight excluding hydrogens is 248 g/mol. The first-order valence-corrected chi connectivity index (χ1v) is 7.43. The average molecular weight is 262 g/mol. The van der Waals surface area contributed by atoms with E-state index in [0.29, 0.717) is 17.5 Å². The van der Waals surface area contributed by atoms with E-state index in [1.807, 2.05) is 0 Å². The number of nitrogens with zero attached hydrogens (tertiary/aromatic N) is 1. The molecule has 0 aliphatic heterocycles. The minimum absolute atomic E-state index is 0.0292. The van der Waals surface area contributed by atoms with Crippen LogP contribution in [0.2, 0.25) is 0 Å². The van der Waals surface area contributed by atoms with Gasteiger partial charge in [-0.05, 0) is 5.92 Å². The molecule has 0 aromatic carbocycles. The summed E-state index contributed by atoms with van der Waals surface area (Å²) in [4.78, 5) is 16.7. The number of anilines is 1. The van der Waals surface area contributed by atoms with Crippen molar-refractivity contribution in [1.82, 2.24) is 4.98 Å². The number of carbonyl (C=O) groups excluding carboxylic acids is 1. The molecule has 1 aromatic rings. The second kappa shape index (κ2) is 5.77. The Kier molecular flexibility index (Phi) is 4.95. The van der Waals surface area contributed by atoms with E-state index in [2.05, 4.69) is 35.8 Å². The zero-order chi connectivity index (χ0) is 11.4. The fourth-order valence-electron chi connectivity index (χ4n) is 1.15. The van der Waals surface area contributed by atoms with Gasteiger partial charge in [-0.15, -0.1) is 23.0 Å². The van der Waals surface area contributed by atoms with Crippen LogP contribution in [0, 0.1) is 0 Å². The molecule has 1 heterocycles. The molecule has 6 heteroatoms. The summed E-state index contributed by atoms with van der Waals surface area (Å²) in [6.45, 7) is 5.69. The van der Waals surface area contributed by atoms with E-state index in [1.165, 1.54) is 10.8 Å². The quantitative estimate of drug-likeness (QED) is 0.369. The maximum Gasteiger partial charge on any atom is 0.184 e. The number of hydrogen-bond donors (Lipinski definition) is 2. The molecule has 1 N–H and O–H groups in total. The third-order valence-electron chi connectivity index (χ3n) is 1.80. The number of ketones is 1. The third kappa shape index (κ3) is 3.39. The van der Waals surface area contributed by atoms with Gasteiger partial charge in [-0.3, -0.25) is 4.79 Å². The molecular formula is C9H14N2OS3. The van der Waals surface area contributed by atoms with E-state index < -0.39 is 0 Å². The van der Waals surface area contributed by atoms with Crippen molar-refractivity contribution in [2.75, 3.05) is 11.2 Å². The topological polar surface area (TPSA) is 42.0 Å². The molecule has 0 unspecified atom stereocenters. The van der Waals surface area contributed by atoms with Crippen LogP contribution in [0.3, 0.4) is 0 Å². The van der Waals surface area contributed by atoms with Gasteiger partial charge in [-0.25, -0.2) is 4.98 Å². The summed E-state index contributed by atoms with van der Waals surface area (Å²) >= 11 is 5.57. The number of hydrogen-bond acceptors (Lipinski definition) is 6. The molecule has 0 amide bonds. The normalized spacial score (nSPS) is 10.7. The van der Waals surface area contributed by atoms with Crippen molar-refractivity contribution in [3.05, 3.63) is 10.6 Å². The van der Waals surface area contributed by atoms with Gasteiger partial charge in [0.1, 0.15) is 5.69 Å². The molecule has 15 heavy (non-hydrogen) atoms. The van der Waals surface area contributed by atoms with Crippen molar-refractivity contribution in [2.24, 2.45) is 0 Å². The summed E-state index contributed by atoms with van der Waals surface area (Å²) in [6, 6.07) is 0. The standard InChI is InChI=1S/C9H14N2OS3/c1-5(2)8-7(6(3)12)11-9(15-8)10-4-14-13/h5,13H,4H2,1-3H3,(H,10,11).